The summed E-state index contributed by atoms with van der Waals surface area (Å²) in [6.07, 6.45) is 3.43. The average molecular weight is 388 g/mol. The number of rotatable bonds is 5. The van der Waals surface area contributed by atoms with Gasteiger partial charge in [-0.1, -0.05) is 6.07 Å². The van der Waals surface area contributed by atoms with Gasteiger partial charge in [-0.3, -0.25) is 4.68 Å². The number of halogens is 1. The lowest BCUT2D eigenvalue weighted by molar-refractivity contribution is 0.561. The second-order valence-corrected chi connectivity index (χ2v) is 7.39. The Labute approximate surface area is 133 Å². The SMILES string of the molecule is O=S(=O)(NCCn1cc(Br)cn1)c1cccc2nsnc12. The van der Waals surface area contributed by atoms with Gasteiger partial charge in [-0.25, -0.2) is 13.1 Å². The van der Waals surface area contributed by atoms with Crippen molar-refractivity contribution in [2.45, 2.75) is 11.4 Å². The Morgan fingerprint density at radius 1 is 1.33 bits per heavy atom. The molecule has 10 heteroatoms. The summed E-state index contributed by atoms with van der Waals surface area (Å²) >= 11 is 4.28. The predicted octanol–water partition coefficient (Wildman–Crippen LogP) is 1.63. The fourth-order valence-electron chi connectivity index (χ4n) is 1.83. The van der Waals surface area contributed by atoms with Crippen molar-refractivity contribution in [3.63, 3.8) is 0 Å². The second-order valence-electron chi connectivity index (χ2n) is 4.21. The molecule has 0 unspecified atom stereocenters. The van der Waals surface area contributed by atoms with Gasteiger partial charge in [0, 0.05) is 12.7 Å². The third-order valence-corrected chi connectivity index (χ3v) is 5.22. The smallest absolute Gasteiger partial charge is 0.242 e. The first kappa shape index (κ1) is 14.6. The van der Waals surface area contributed by atoms with Crippen LogP contribution in [0.5, 0.6) is 0 Å². The summed E-state index contributed by atoms with van der Waals surface area (Å²) in [7, 11) is -3.62. The molecule has 0 amide bonds. The largest absolute Gasteiger partial charge is 0.270 e. The van der Waals surface area contributed by atoms with Crippen LogP contribution in [0.25, 0.3) is 11.0 Å². The Kier molecular flexibility index (Phi) is 4.02. The van der Waals surface area contributed by atoms with Gasteiger partial charge in [0.1, 0.15) is 15.9 Å². The molecule has 2 aromatic heterocycles. The Balaban J connectivity index is 1.76. The first-order valence-corrected chi connectivity index (χ1v) is 8.96. The maximum Gasteiger partial charge on any atom is 0.242 e. The lowest BCUT2D eigenvalue weighted by Crippen LogP contribution is -2.27. The van der Waals surface area contributed by atoms with Crippen LogP contribution in [0.2, 0.25) is 0 Å². The van der Waals surface area contributed by atoms with Crippen molar-refractivity contribution in [1.82, 2.24) is 23.2 Å². The fourth-order valence-corrected chi connectivity index (χ4v) is 3.94. The molecule has 0 saturated carbocycles. The van der Waals surface area contributed by atoms with Crippen molar-refractivity contribution in [2.24, 2.45) is 0 Å². The predicted molar refractivity (Wildman–Crippen MR) is 82.5 cm³/mol. The van der Waals surface area contributed by atoms with Gasteiger partial charge in [0.25, 0.3) is 0 Å². The van der Waals surface area contributed by atoms with Crippen molar-refractivity contribution in [3.05, 3.63) is 35.1 Å². The summed E-state index contributed by atoms with van der Waals surface area (Å²) in [4.78, 5) is 0.149. The van der Waals surface area contributed by atoms with E-state index in [0.29, 0.717) is 17.6 Å². The molecule has 0 bridgehead atoms. The molecule has 0 aliphatic carbocycles. The Bertz CT molecular complexity index is 874. The van der Waals surface area contributed by atoms with Crippen LogP contribution in [0.15, 0.2) is 40.0 Å². The molecule has 0 aliphatic heterocycles. The monoisotopic (exact) mass is 387 g/mol. The highest BCUT2D eigenvalue weighted by Crippen LogP contribution is 2.20. The summed E-state index contributed by atoms with van der Waals surface area (Å²) in [6.45, 7) is 0.681. The standard InChI is InChI=1S/C11H10BrN5O2S2/c12-8-6-13-17(7-8)5-4-14-21(18,19)10-3-1-2-9-11(10)16-20-15-9/h1-3,6-7,14H,4-5H2. The summed E-state index contributed by atoms with van der Waals surface area (Å²) in [5.74, 6) is 0. The number of benzene rings is 1. The third-order valence-electron chi connectivity index (χ3n) is 2.77. The zero-order chi connectivity index (χ0) is 14.9. The third kappa shape index (κ3) is 3.12. The molecule has 0 atom stereocenters. The summed E-state index contributed by atoms with van der Waals surface area (Å²) < 4.78 is 37.8. The zero-order valence-electron chi connectivity index (χ0n) is 10.6. The van der Waals surface area contributed by atoms with Crippen LogP contribution in [0.1, 0.15) is 0 Å². The normalized spacial score (nSPS) is 12.0. The van der Waals surface area contributed by atoms with Gasteiger partial charge in [0.05, 0.1) is 28.9 Å². The Morgan fingerprint density at radius 3 is 2.95 bits per heavy atom. The van der Waals surface area contributed by atoms with Gasteiger partial charge >= 0.3 is 0 Å². The van der Waals surface area contributed by atoms with Crippen molar-refractivity contribution < 1.29 is 8.42 Å². The number of fused-ring (bicyclic) bond motifs is 1. The maximum absolute atomic E-state index is 12.3. The molecule has 1 N–H and O–H groups in total. The van der Waals surface area contributed by atoms with Crippen LogP contribution < -0.4 is 4.72 Å². The number of nitrogens with one attached hydrogen (secondary N) is 1. The van der Waals surface area contributed by atoms with Gasteiger partial charge in [-0.05, 0) is 28.1 Å². The van der Waals surface area contributed by atoms with E-state index in [0.717, 1.165) is 16.2 Å². The molecule has 0 spiro atoms. The molecule has 2 heterocycles. The van der Waals surface area contributed by atoms with E-state index in [1.54, 1.807) is 29.2 Å². The summed E-state index contributed by atoms with van der Waals surface area (Å²) in [5, 5.41) is 4.06. The number of aromatic nitrogens is 4. The minimum absolute atomic E-state index is 0.149. The topological polar surface area (TPSA) is 89.8 Å². The van der Waals surface area contributed by atoms with E-state index in [4.69, 9.17) is 0 Å². The molecule has 110 valence electrons. The average Bonchev–Trinajstić information content (AvgIpc) is 3.06. The fraction of sp³-hybridized carbons (Fsp3) is 0.182. The molecule has 3 rings (SSSR count). The van der Waals surface area contributed by atoms with Crippen molar-refractivity contribution in [1.29, 1.82) is 0 Å². The van der Waals surface area contributed by atoms with E-state index in [9.17, 15) is 8.42 Å². The van der Waals surface area contributed by atoms with Crippen molar-refractivity contribution in [2.75, 3.05) is 6.54 Å². The van der Waals surface area contributed by atoms with E-state index >= 15 is 0 Å². The molecule has 7 nitrogen and oxygen atoms in total. The van der Waals surface area contributed by atoms with Gasteiger partial charge in [0.15, 0.2) is 0 Å². The Morgan fingerprint density at radius 2 is 2.19 bits per heavy atom. The first-order chi connectivity index (χ1) is 10.1. The van der Waals surface area contributed by atoms with E-state index in [-0.39, 0.29) is 11.4 Å². The summed E-state index contributed by atoms with van der Waals surface area (Å²) in [6, 6.07) is 4.92. The molecule has 0 aliphatic rings. The van der Waals surface area contributed by atoms with E-state index in [1.807, 2.05) is 0 Å². The highest BCUT2D eigenvalue weighted by Gasteiger charge is 2.18. The van der Waals surface area contributed by atoms with Crippen LogP contribution in [-0.4, -0.2) is 33.5 Å². The van der Waals surface area contributed by atoms with E-state index < -0.39 is 10.0 Å². The van der Waals surface area contributed by atoms with Crippen LogP contribution in [0, 0.1) is 0 Å². The quantitative estimate of drug-likeness (QED) is 0.718. The van der Waals surface area contributed by atoms with Crippen LogP contribution in [0.4, 0.5) is 0 Å². The van der Waals surface area contributed by atoms with Crippen molar-refractivity contribution >= 4 is 48.7 Å². The van der Waals surface area contributed by atoms with Gasteiger partial charge in [-0.15, -0.1) is 0 Å². The lowest BCUT2D eigenvalue weighted by atomic mass is 10.3. The highest BCUT2D eigenvalue weighted by molar-refractivity contribution is 9.10. The van der Waals surface area contributed by atoms with E-state index in [1.165, 1.54) is 6.07 Å². The van der Waals surface area contributed by atoms with E-state index in [2.05, 4.69) is 34.5 Å². The number of hydrogen-bond donors (Lipinski definition) is 1. The number of hydrogen-bond acceptors (Lipinski definition) is 6. The zero-order valence-corrected chi connectivity index (χ0v) is 13.8. The number of sulfonamides is 1. The van der Waals surface area contributed by atoms with Gasteiger partial charge in [-0.2, -0.15) is 13.8 Å². The maximum atomic E-state index is 12.3. The van der Waals surface area contributed by atoms with Gasteiger partial charge in [0.2, 0.25) is 10.0 Å². The molecule has 0 radical (unpaired) electrons. The van der Waals surface area contributed by atoms with Crippen LogP contribution in [0.3, 0.4) is 0 Å². The molecular formula is C11H10BrN5O2S2. The molecule has 0 saturated heterocycles. The van der Waals surface area contributed by atoms with Crippen LogP contribution >= 0.6 is 27.7 Å². The molecule has 0 fully saturated rings. The highest BCUT2D eigenvalue weighted by atomic mass is 79.9. The summed E-state index contributed by atoms with van der Waals surface area (Å²) in [5.41, 5.74) is 0.982. The second kappa shape index (κ2) is 5.79. The molecular weight excluding hydrogens is 378 g/mol. The van der Waals surface area contributed by atoms with Crippen LogP contribution in [-0.2, 0) is 16.6 Å². The Hall–Kier alpha value is -1.36. The minimum atomic E-state index is -3.62. The molecule has 1 aromatic carbocycles. The first-order valence-electron chi connectivity index (χ1n) is 5.95. The van der Waals surface area contributed by atoms with Gasteiger partial charge < -0.3 is 0 Å². The lowest BCUT2D eigenvalue weighted by Gasteiger charge is -2.07. The molecule has 21 heavy (non-hydrogen) atoms. The molecule has 3 aromatic rings. The minimum Gasteiger partial charge on any atom is -0.270 e. The number of nitrogens with zero attached hydrogens (tertiary/aromatic N) is 4. The van der Waals surface area contributed by atoms with Crippen molar-refractivity contribution in [3.8, 4) is 0 Å².